The van der Waals surface area contributed by atoms with Gasteiger partial charge >= 0.3 is 0 Å². The van der Waals surface area contributed by atoms with E-state index in [4.69, 9.17) is 0 Å². The van der Waals surface area contributed by atoms with E-state index in [2.05, 4.69) is 31.4 Å². The Bertz CT molecular complexity index is 1250. The molecule has 0 saturated heterocycles. The van der Waals surface area contributed by atoms with Crippen molar-refractivity contribution in [3.05, 3.63) is 82.0 Å². The molecule has 4 aromatic rings. The van der Waals surface area contributed by atoms with Crippen LogP contribution in [0.15, 0.2) is 70.2 Å². The first-order valence-electron chi connectivity index (χ1n) is 8.64. The monoisotopic (exact) mass is 433 g/mol. The van der Waals surface area contributed by atoms with Gasteiger partial charge in [-0.05, 0) is 48.0 Å². The molecule has 0 bridgehead atoms. The first-order valence-corrected chi connectivity index (χ1v) is 9.43. The molecule has 0 radical (unpaired) electrons. The maximum absolute atomic E-state index is 12.7. The van der Waals surface area contributed by atoms with Crippen LogP contribution in [-0.2, 0) is 0 Å². The Morgan fingerprint density at radius 2 is 1.93 bits per heavy atom. The number of nitrogens with zero attached hydrogens (tertiary/aromatic N) is 2. The van der Waals surface area contributed by atoms with Crippen molar-refractivity contribution in [2.24, 2.45) is 5.10 Å². The number of pyridine rings is 1. The van der Waals surface area contributed by atoms with Gasteiger partial charge in [-0.15, -0.1) is 0 Å². The van der Waals surface area contributed by atoms with Crippen LogP contribution in [0.5, 0.6) is 5.75 Å². The second-order valence-electron chi connectivity index (χ2n) is 6.39. The molecule has 6 heteroatoms. The van der Waals surface area contributed by atoms with E-state index in [1.165, 1.54) is 6.21 Å². The van der Waals surface area contributed by atoms with Crippen LogP contribution < -0.4 is 5.43 Å². The molecule has 2 N–H and O–H groups in total. The largest absolute Gasteiger partial charge is 0.507 e. The van der Waals surface area contributed by atoms with Crippen molar-refractivity contribution >= 4 is 49.7 Å². The summed E-state index contributed by atoms with van der Waals surface area (Å²) in [6.45, 7) is 1.84. The van der Waals surface area contributed by atoms with Gasteiger partial charge in [-0.2, -0.15) is 5.10 Å². The first kappa shape index (κ1) is 18.1. The average Bonchev–Trinajstić information content (AvgIpc) is 2.69. The fourth-order valence-corrected chi connectivity index (χ4v) is 3.51. The van der Waals surface area contributed by atoms with Gasteiger partial charge in [0.1, 0.15) is 5.75 Å². The Morgan fingerprint density at radius 1 is 1.11 bits per heavy atom. The minimum atomic E-state index is -0.343. The Hall–Kier alpha value is -3.25. The Morgan fingerprint density at radius 3 is 2.79 bits per heavy atom. The van der Waals surface area contributed by atoms with Crippen LogP contribution in [0.4, 0.5) is 0 Å². The molecule has 138 valence electrons. The smallest absolute Gasteiger partial charge is 0.272 e. The third-order valence-electron chi connectivity index (χ3n) is 4.45. The summed E-state index contributed by atoms with van der Waals surface area (Å²) in [5.41, 5.74) is 5.08. The van der Waals surface area contributed by atoms with Crippen molar-refractivity contribution in [1.29, 1.82) is 0 Å². The zero-order chi connectivity index (χ0) is 19.7. The summed E-state index contributed by atoms with van der Waals surface area (Å²) >= 11 is 3.43. The molecular weight excluding hydrogens is 418 g/mol. The third-order valence-corrected chi connectivity index (χ3v) is 4.94. The summed E-state index contributed by atoms with van der Waals surface area (Å²) < 4.78 is 0.865. The van der Waals surface area contributed by atoms with Gasteiger partial charge in [0.2, 0.25) is 0 Å². The molecule has 28 heavy (non-hydrogen) atoms. The number of halogens is 1. The summed E-state index contributed by atoms with van der Waals surface area (Å²) in [5.74, 6) is -0.240. The fourth-order valence-electron chi connectivity index (χ4n) is 3.15. The topological polar surface area (TPSA) is 74.6 Å². The SMILES string of the molecule is Cc1cc(C(=O)N/N=C/c2c(O)ccc3ccccc23)c2cc(Br)ccc2n1. The maximum Gasteiger partial charge on any atom is 0.272 e. The molecule has 3 aromatic carbocycles. The number of aryl methyl sites for hydroxylation is 1. The molecule has 4 rings (SSSR count). The van der Waals surface area contributed by atoms with E-state index in [0.717, 1.165) is 31.8 Å². The summed E-state index contributed by atoms with van der Waals surface area (Å²) in [5, 5.41) is 16.8. The molecule has 1 heterocycles. The molecule has 1 aromatic heterocycles. The second kappa shape index (κ2) is 7.40. The number of amides is 1. The lowest BCUT2D eigenvalue weighted by Gasteiger charge is -2.08. The molecule has 0 atom stereocenters. The van der Waals surface area contributed by atoms with Crippen molar-refractivity contribution in [1.82, 2.24) is 10.4 Å². The van der Waals surface area contributed by atoms with Gasteiger partial charge in [0.15, 0.2) is 0 Å². The highest BCUT2D eigenvalue weighted by molar-refractivity contribution is 9.10. The van der Waals surface area contributed by atoms with E-state index in [0.29, 0.717) is 11.1 Å². The number of carbonyl (C=O) groups excluding carboxylic acids is 1. The number of nitrogens with one attached hydrogen (secondary N) is 1. The lowest BCUT2D eigenvalue weighted by Crippen LogP contribution is -2.18. The minimum absolute atomic E-state index is 0.103. The number of phenols is 1. The highest BCUT2D eigenvalue weighted by atomic mass is 79.9. The van der Waals surface area contributed by atoms with E-state index in [1.807, 2.05) is 55.5 Å². The molecule has 0 unspecified atom stereocenters. The number of benzene rings is 3. The van der Waals surface area contributed by atoms with E-state index < -0.39 is 0 Å². The summed E-state index contributed by atoms with van der Waals surface area (Å²) in [4.78, 5) is 17.2. The van der Waals surface area contributed by atoms with Gasteiger partial charge in [-0.3, -0.25) is 9.78 Å². The van der Waals surface area contributed by atoms with E-state index in [1.54, 1.807) is 12.1 Å². The second-order valence-corrected chi connectivity index (χ2v) is 7.31. The molecule has 0 aliphatic carbocycles. The van der Waals surface area contributed by atoms with Crippen molar-refractivity contribution in [3.8, 4) is 5.75 Å². The number of rotatable bonds is 3. The van der Waals surface area contributed by atoms with E-state index in [9.17, 15) is 9.90 Å². The molecule has 5 nitrogen and oxygen atoms in total. The van der Waals surface area contributed by atoms with Crippen LogP contribution in [-0.4, -0.2) is 22.2 Å². The van der Waals surface area contributed by atoms with Crippen LogP contribution in [0.3, 0.4) is 0 Å². The van der Waals surface area contributed by atoms with Gasteiger partial charge in [0.05, 0.1) is 17.3 Å². The average molecular weight is 434 g/mol. The zero-order valence-corrected chi connectivity index (χ0v) is 16.6. The number of fused-ring (bicyclic) bond motifs is 2. The molecule has 1 amide bonds. The predicted octanol–water partition coefficient (Wildman–Crippen LogP) is 4.93. The first-order chi connectivity index (χ1) is 13.5. The van der Waals surface area contributed by atoms with Crippen molar-refractivity contribution in [2.45, 2.75) is 6.92 Å². The number of phenolic OH excluding ortho intramolecular Hbond substituents is 1. The Labute approximate surface area is 169 Å². The lowest BCUT2D eigenvalue weighted by atomic mass is 10.0. The number of hydrogen-bond acceptors (Lipinski definition) is 4. The summed E-state index contributed by atoms with van der Waals surface area (Å²) in [7, 11) is 0. The van der Waals surface area contributed by atoms with Crippen LogP contribution in [0, 0.1) is 6.92 Å². The van der Waals surface area contributed by atoms with Crippen LogP contribution in [0.1, 0.15) is 21.6 Å². The number of hydrazone groups is 1. The number of aromatic hydroxyl groups is 1. The van der Waals surface area contributed by atoms with Crippen LogP contribution in [0.25, 0.3) is 21.7 Å². The van der Waals surface area contributed by atoms with E-state index in [-0.39, 0.29) is 11.7 Å². The molecule has 0 spiro atoms. The van der Waals surface area contributed by atoms with E-state index >= 15 is 0 Å². The van der Waals surface area contributed by atoms with Gasteiger partial charge in [0.25, 0.3) is 5.91 Å². The van der Waals surface area contributed by atoms with Gasteiger partial charge in [-0.25, -0.2) is 5.43 Å². The van der Waals surface area contributed by atoms with Crippen LogP contribution >= 0.6 is 15.9 Å². The summed E-state index contributed by atoms with van der Waals surface area (Å²) in [6, 6.07) is 18.5. The fraction of sp³-hybridized carbons (Fsp3) is 0.0455. The third kappa shape index (κ3) is 3.46. The maximum atomic E-state index is 12.7. The Balaban J connectivity index is 1.67. The minimum Gasteiger partial charge on any atom is -0.507 e. The van der Waals surface area contributed by atoms with Gasteiger partial charge < -0.3 is 5.11 Å². The standard InChI is InChI=1S/C22H16BrN3O2/c1-13-10-18(17-11-15(23)7-8-20(17)25-13)22(28)26-24-12-19-16-5-3-2-4-14(16)6-9-21(19)27/h2-12,27H,1H3,(H,26,28)/b24-12+. The highest BCUT2D eigenvalue weighted by Gasteiger charge is 2.12. The lowest BCUT2D eigenvalue weighted by molar-refractivity contribution is 0.0956. The number of aromatic nitrogens is 1. The molecular formula is C22H16BrN3O2. The van der Waals surface area contributed by atoms with Crippen molar-refractivity contribution in [2.75, 3.05) is 0 Å². The Kier molecular flexibility index (Phi) is 4.79. The van der Waals surface area contributed by atoms with Crippen molar-refractivity contribution in [3.63, 3.8) is 0 Å². The number of carbonyl (C=O) groups is 1. The van der Waals surface area contributed by atoms with Gasteiger partial charge in [-0.1, -0.05) is 46.3 Å². The molecule has 0 aliphatic heterocycles. The zero-order valence-electron chi connectivity index (χ0n) is 15.0. The molecule has 0 saturated carbocycles. The van der Waals surface area contributed by atoms with Crippen LogP contribution in [0.2, 0.25) is 0 Å². The molecule has 0 aliphatic rings. The summed E-state index contributed by atoms with van der Waals surface area (Å²) in [6.07, 6.45) is 1.46. The number of hydrogen-bond donors (Lipinski definition) is 2. The predicted molar refractivity (Wildman–Crippen MR) is 115 cm³/mol. The van der Waals surface area contributed by atoms with Gasteiger partial charge in [0, 0.05) is 21.1 Å². The highest BCUT2D eigenvalue weighted by Crippen LogP contribution is 2.26. The molecule has 0 fully saturated rings. The van der Waals surface area contributed by atoms with Crippen molar-refractivity contribution < 1.29 is 9.90 Å². The normalized spacial score (nSPS) is 11.4. The quantitative estimate of drug-likeness (QED) is 0.355.